The summed E-state index contributed by atoms with van der Waals surface area (Å²) < 4.78 is 12.6. The number of aromatic nitrogens is 2. The molecule has 3 rings (SSSR count). The first kappa shape index (κ1) is 15.3. The van der Waals surface area contributed by atoms with E-state index in [1.165, 1.54) is 0 Å². The lowest BCUT2D eigenvalue weighted by Gasteiger charge is -2.26. The van der Waals surface area contributed by atoms with Crippen molar-refractivity contribution in [3.05, 3.63) is 23.9 Å². The van der Waals surface area contributed by atoms with Crippen LogP contribution in [-0.4, -0.2) is 59.9 Å². The molecular formula is C15H18ClN3O3. The van der Waals surface area contributed by atoms with Crippen LogP contribution in [0.2, 0.25) is 0 Å². The number of carbonyl (C=O) groups is 1. The fourth-order valence-corrected chi connectivity index (χ4v) is 2.88. The van der Waals surface area contributed by atoms with E-state index >= 15 is 0 Å². The number of halogens is 1. The average molecular weight is 324 g/mol. The summed E-state index contributed by atoms with van der Waals surface area (Å²) in [6, 6.07) is 5.53. The number of para-hydroxylation sites is 1. The monoisotopic (exact) mass is 323 g/mol. The van der Waals surface area contributed by atoms with Crippen LogP contribution in [0.5, 0.6) is 5.75 Å². The van der Waals surface area contributed by atoms with Crippen LogP contribution in [0, 0.1) is 0 Å². The van der Waals surface area contributed by atoms with Gasteiger partial charge < -0.3 is 9.47 Å². The molecule has 0 amide bonds. The minimum atomic E-state index is -0.552. The molecule has 0 radical (unpaired) electrons. The van der Waals surface area contributed by atoms with Gasteiger partial charge in [-0.1, -0.05) is 12.1 Å². The molecule has 1 fully saturated rings. The van der Waals surface area contributed by atoms with Crippen LogP contribution in [0.25, 0.3) is 10.9 Å². The number of benzene rings is 1. The van der Waals surface area contributed by atoms with Crippen LogP contribution in [-0.2, 0) is 11.3 Å². The molecule has 7 heteroatoms. The fourth-order valence-electron chi connectivity index (χ4n) is 2.74. The molecule has 1 saturated heterocycles. The predicted octanol–water partition coefficient (Wildman–Crippen LogP) is 1.76. The minimum Gasteiger partial charge on any atom is -0.494 e. The number of carbonyl (C=O) groups excluding carboxylic acids is 1. The first-order chi connectivity index (χ1) is 10.7. The SMILES string of the molecule is COc1cccc2c(C(=O)Cl)nn(CCN3CCOCC3)c12. The average Bonchev–Trinajstić information content (AvgIpc) is 2.93. The predicted molar refractivity (Wildman–Crippen MR) is 83.7 cm³/mol. The fraction of sp³-hybridized carbons (Fsp3) is 0.467. The highest BCUT2D eigenvalue weighted by Crippen LogP contribution is 2.28. The van der Waals surface area contributed by atoms with Crippen LogP contribution in [0.4, 0.5) is 0 Å². The van der Waals surface area contributed by atoms with E-state index in [-0.39, 0.29) is 5.69 Å². The van der Waals surface area contributed by atoms with E-state index in [2.05, 4.69) is 10.00 Å². The Balaban J connectivity index is 1.92. The largest absolute Gasteiger partial charge is 0.494 e. The first-order valence-corrected chi connectivity index (χ1v) is 7.62. The Morgan fingerprint density at radius 3 is 2.82 bits per heavy atom. The van der Waals surface area contributed by atoms with Gasteiger partial charge >= 0.3 is 0 Å². The van der Waals surface area contributed by atoms with Gasteiger partial charge in [-0.3, -0.25) is 14.4 Å². The lowest BCUT2D eigenvalue weighted by atomic mass is 10.2. The quantitative estimate of drug-likeness (QED) is 0.785. The zero-order valence-corrected chi connectivity index (χ0v) is 13.2. The molecule has 0 atom stereocenters. The third-order valence-electron chi connectivity index (χ3n) is 3.87. The van der Waals surface area contributed by atoms with Gasteiger partial charge in [-0.25, -0.2) is 0 Å². The second kappa shape index (κ2) is 6.64. The van der Waals surface area contributed by atoms with Gasteiger partial charge in [-0.2, -0.15) is 5.10 Å². The number of hydrogen-bond donors (Lipinski definition) is 0. The smallest absolute Gasteiger partial charge is 0.273 e. The highest BCUT2D eigenvalue weighted by molar-refractivity contribution is 6.68. The maximum atomic E-state index is 11.6. The molecule has 1 aromatic heterocycles. The van der Waals surface area contributed by atoms with Gasteiger partial charge in [0.05, 0.1) is 26.9 Å². The van der Waals surface area contributed by atoms with E-state index in [1.54, 1.807) is 11.8 Å². The Morgan fingerprint density at radius 1 is 1.36 bits per heavy atom. The molecule has 2 heterocycles. The summed E-state index contributed by atoms with van der Waals surface area (Å²) in [5.41, 5.74) is 1.08. The third kappa shape index (κ3) is 2.95. The summed E-state index contributed by atoms with van der Waals surface area (Å²) >= 11 is 5.66. The van der Waals surface area contributed by atoms with E-state index in [0.29, 0.717) is 12.3 Å². The maximum Gasteiger partial charge on any atom is 0.273 e. The lowest BCUT2D eigenvalue weighted by Crippen LogP contribution is -2.38. The van der Waals surface area contributed by atoms with Crippen molar-refractivity contribution in [3.8, 4) is 5.75 Å². The number of nitrogens with zero attached hydrogens (tertiary/aromatic N) is 3. The molecule has 1 aliphatic rings. The van der Waals surface area contributed by atoms with Crippen molar-refractivity contribution >= 4 is 27.7 Å². The number of fused-ring (bicyclic) bond motifs is 1. The van der Waals surface area contributed by atoms with Crippen molar-refractivity contribution < 1.29 is 14.3 Å². The zero-order chi connectivity index (χ0) is 15.5. The Bertz CT molecular complexity index is 680. The van der Waals surface area contributed by atoms with Crippen LogP contribution in [0.1, 0.15) is 10.5 Å². The van der Waals surface area contributed by atoms with Crippen molar-refractivity contribution in [3.63, 3.8) is 0 Å². The minimum absolute atomic E-state index is 0.276. The maximum absolute atomic E-state index is 11.6. The standard InChI is InChI=1S/C15H18ClN3O3/c1-21-12-4-2-3-11-13(15(16)20)17-19(14(11)12)6-5-18-7-9-22-10-8-18/h2-4H,5-10H2,1H3. The normalized spacial score (nSPS) is 16.1. The molecule has 0 aliphatic carbocycles. The number of hydrogen-bond acceptors (Lipinski definition) is 5. The second-order valence-electron chi connectivity index (χ2n) is 5.16. The van der Waals surface area contributed by atoms with E-state index in [4.69, 9.17) is 21.1 Å². The summed E-state index contributed by atoms with van der Waals surface area (Å²) in [6.45, 7) is 4.85. The van der Waals surface area contributed by atoms with Crippen LogP contribution < -0.4 is 4.74 Å². The molecule has 0 bridgehead atoms. The van der Waals surface area contributed by atoms with Crippen molar-refractivity contribution in [2.75, 3.05) is 40.0 Å². The Morgan fingerprint density at radius 2 is 2.14 bits per heavy atom. The van der Waals surface area contributed by atoms with Crippen molar-refractivity contribution in [2.45, 2.75) is 6.54 Å². The molecule has 6 nitrogen and oxygen atoms in total. The third-order valence-corrected chi connectivity index (χ3v) is 4.05. The summed E-state index contributed by atoms with van der Waals surface area (Å²) in [6.07, 6.45) is 0. The Kier molecular flexibility index (Phi) is 4.61. The van der Waals surface area contributed by atoms with Crippen molar-refractivity contribution in [2.24, 2.45) is 0 Å². The van der Waals surface area contributed by atoms with Gasteiger partial charge in [0.2, 0.25) is 0 Å². The summed E-state index contributed by atoms with van der Waals surface area (Å²) in [5, 5.41) is 4.55. The highest BCUT2D eigenvalue weighted by Gasteiger charge is 2.19. The number of rotatable bonds is 5. The number of morpholine rings is 1. The Hall–Kier alpha value is -1.63. The van der Waals surface area contributed by atoms with Gasteiger partial charge in [0.1, 0.15) is 11.3 Å². The molecular weight excluding hydrogens is 306 g/mol. The summed E-state index contributed by atoms with van der Waals surface area (Å²) in [4.78, 5) is 13.9. The van der Waals surface area contributed by atoms with Crippen molar-refractivity contribution in [1.29, 1.82) is 0 Å². The van der Waals surface area contributed by atoms with E-state index in [1.807, 2.05) is 18.2 Å². The molecule has 22 heavy (non-hydrogen) atoms. The van der Waals surface area contributed by atoms with Crippen molar-refractivity contribution in [1.82, 2.24) is 14.7 Å². The van der Waals surface area contributed by atoms with Gasteiger partial charge in [-0.05, 0) is 17.7 Å². The number of methoxy groups -OCH3 is 1. The molecule has 1 aliphatic heterocycles. The van der Waals surface area contributed by atoms with E-state index in [9.17, 15) is 4.79 Å². The summed E-state index contributed by atoms with van der Waals surface area (Å²) in [7, 11) is 1.61. The van der Waals surface area contributed by atoms with E-state index in [0.717, 1.165) is 43.8 Å². The number of ether oxygens (including phenoxy) is 2. The molecule has 0 saturated carbocycles. The Labute approximate surface area is 133 Å². The molecule has 0 spiro atoms. The molecule has 1 aromatic carbocycles. The van der Waals surface area contributed by atoms with Crippen LogP contribution in [0.15, 0.2) is 18.2 Å². The molecule has 0 unspecified atom stereocenters. The zero-order valence-electron chi connectivity index (χ0n) is 12.4. The van der Waals surface area contributed by atoms with E-state index < -0.39 is 5.24 Å². The molecule has 0 N–H and O–H groups in total. The van der Waals surface area contributed by atoms with Gasteiger partial charge in [0.15, 0.2) is 5.69 Å². The first-order valence-electron chi connectivity index (χ1n) is 7.24. The second-order valence-corrected chi connectivity index (χ2v) is 5.50. The lowest BCUT2D eigenvalue weighted by molar-refractivity contribution is 0.0361. The van der Waals surface area contributed by atoms with Gasteiger partial charge in [0.25, 0.3) is 5.24 Å². The van der Waals surface area contributed by atoms with Crippen LogP contribution >= 0.6 is 11.6 Å². The van der Waals surface area contributed by atoms with Crippen LogP contribution in [0.3, 0.4) is 0 Å². The summed E-state index contributed by atoms with van der Waals surface area (Å²) in [5.74, 6) is 0.691. The molecule has 2 aromatic rings. The molecule has 118 valence electrons. The van der Waals surface area contributed by atoms with Gasteiger partial charge in [-0.15, -0.1) is 0 Å². The van der Waals surface area contributed by atoms with Gasteiger partial charge in [0, 0.05) is 25.0 Å². The highest BCUT2D eigenvalue weighted by atomic mass is 35.5. The topological polar surface area (TPSA) is 56.6 Å².